The van der Waals surface area contributed by atoms with E-state index in [0.717, 1.165) is 48.9 Å². The minimum absolute atomic E-state index is 0.384. The highest BCUT2D eigenvalue weighted by Gasteiger charge is 2.19. The number of methoxy groups -OCH3 is 2. The van der Waals surface area contributed by atoms with Crippen LogP contribution in [0.2, 0.25) is 5.02 Å². The summed E-state index contributed by atoms with van der Waals surface area (Å²) in [6.45, 7) is 3.70. The lowest BCUT2D eigenvalue weighted by atomic mass is 9.96. The number of anilines is 1. The van der Waals surface area contributed by atoms with Gasteiger partial charge in [0.2, 0.25) is 0 Å². The van der Waals surface area contributed by atoms with Gasteiger partial charge in [-0.05, 0) is 55.6 Å². The molecule has 0 spiro atoms. The van der Waals surface area contributed by atoms with Crippen molar-refractivity contribution in [1.82, 2.24) is 4.90 Å². The summed E-state index contributed by atoms with van der Waals surface area (Å²) in [5.74, 6) is 2.34. The summed E-state index contributed by atoms with van der Waals surface area (Å²) in [6.07, 6.45) is 2.20. The molecular formula is C22H29ClN4O2. The number of hydrogen-bond donors (Lipinski definition) is 2. The Hall–Kier alpha value is -2.44. The number of aliphatic imine (C=N–C) groups is 1. The fourth-order valence-corrected chi connectivity index (χ4v) is 3.71. The lowest BCUT2D eigenvalue weighted by Gasteiger charge is -2.31. The first-order chi connectivity index (χ1) is 14.1. The van der Waals surface area contributed by atoms with E-state index in [4.69, 9.17) is 26.8 Å². The molecule has 7 heteroatoms. The van der Waals surface area contributed by atoms with Crippen molar-refractivity contribution >= 4 is 23.2 Å². The normalized spacial score (nSPS) is 15.9. The smallest absolute Gasteiger partial charge is 0.193 e. The van der Waals surface area contributed by atoms with E-state index < -0.39 is 0 Å². The zero-order valence-corrected chi connectivity index (χ0v) is 17.8. The second kappa shape index (κ2) is 10.4. The third kappa shape index (κ3) is 6.02. The van der Waals surface area contributed by atoms with Crippen LogP contribution in [0.4, 0.5) is 5.69 Å². The summed E-state index contributed by atoms with van der Waals surface area (Å²) in [5, 5.41) is 3.96. The summed E-state index contributed by atoms with van der Waals surface area (Å²) in [4.78, 5) is 6.99. The average Bonchev–Trinajstić information content (AvgIpc) is 2.75. The van der Waals surface area contributed by atoms with Crippen LogP contribution in [-0.4, -0.2) is 44.7 Å². The highest BCUT2D eigenvalue weighted by atomic mass is 35.5. The number of halogens is 1. The molecule has 2 aromatic carbocycles. The number of nitrogens with zero attached hydrogens (tertiary/aromatic N) is 2. The summed E-state index contributed by atoms with van der Waals surface area (Å²) in [6, 6.07) is 13.6. The molecule has 0 atom stereocenters. The van der Waals surface area contributed by atoms with Crippen molar-refractivity contribution in [2.45, 2.75) is 19.4 Å². The fraction of sp³-hybridized carbons (Fsp3) is 0.409. The number of guanidine groups is 1. The van der Waals surface area contributed by atoms with Gasteiger partial charge < -0.3 is 20.5 Å². The summed E-state index contributed by atoms with van der Waals surface area (Å²) >= 11 is 6.28. The average molecular weight is 417 g/mol. The lowest BCUT2D eigenvalue weighted by Crippen LogP contribution is -2.34. The van der Waals surface area contributed by atoms with Gasteiger partial charge in [-0.15, -0.1) is 0 Å². The SMILES string of the molecule is COc1ccc(OC)c(NC(N)=NCC2CCN(Cc3ccccc3Cl)CC2)c1. The third-order valence-electron chi connectivity index (χ3n) is 5.25. The molecule has 6 nitrogen and oxygen atoms in total. The number of rotatable bonds is 7. The quantitative estimate of drug-likeness (QED) is 0.527. The Labute approximate surface area is 177 Å². The Morgan fingerprint density at radius 3 is 2.62 bits per heavy atom. The van der Waals surface area contributed by atoms with E-state index in [0.29, 0.717) is 24.2 Å². The number of ether oxygens (including phenoxy) is 2. The van der Waals surface area contributed by atoms with Crippen LogP contribution >= 0.6 is 11.6 Å². The Morgan fingerprint density at radius 2 is 1.93 bits per heavy atom. The second-order valence-corrected chi connectivity index (χ2v) is 7.64. The maximum atomic E-state index is 6.28. The van der Waals surface area contributed by atoms with Gasteiger partial charge in [0.1, 0.15) is 11.5 Å². The molecule has 1 aliphatic rings. The Balaban J connectivity index is 1.49. The minimum Gasteiger partial charge on any atom is -0.497 e. The largest absolute Gasteiger partial charge is 0.497 e. The van der Waals surface area contributed by atoms with E-state index in [1.165, 1.54) is 5.56 Å². The molecule has 1 saturated heterocycles. The number of likely N-dealkylation sites (tertiary alicyclic amines) is 1. The van der Waals surface area contributed by atoms with Gasteiger partial charge >= 0.3 is 0 Å². The summed E-state index contributed by atoms with van der Waals surface area (Å²) in [5.41, 5.74) is 8.03. The lowest BCUT2D eigenvalue weighted by molar-refractivity contribution is 0.180. The molecule has 0 aliphatic carbocycles. The minimum atomic E-state index is 0.384. The van der Waals surface area contributed by atoms with Crippen molar-refractivity contribution in [3.05, 3.63) is 53.1 Å². The molecule has 2 aromatic rings. The van der Waals surface area contributed by atoms with Gasteiger partial charge in [-0.1, -0.05) is 29.8 Å². The first-order valence-electron chi connectivity index (χ1n) is 9.83. The predicted molar refractivity (Wildman–Crippen MR) is 119 cm³/mol. The van der Waals surface area contributed by atoms with Gasteiger partial charge in [0.25, 0.3) is 0 Å². The summed E-state index contributed by atoms with van der Waals surface area (Å²) in [7, 11) is 3.25. The number of benzene rings is 2. The molecule has 0 aromatic heterocycles. The van der Waals surface area contributed by atoms with Crippen LogP contribution < -0.4 is 20.5 Å². The Kier molecular flexibility index (Phi) is 7.61. The van der Waals surface area contributed by atoms with E-state index in [9.17, 15) is 0 Å². The molecule has 0 saturated carbocycles. The maximum Gasteiger partial charge on any atom is 0.193 e. The van der Waals surface area contributed by atoms with E-state index in [1.54, 1.807) is 14.2 Å². The highest BCUT2D eigenvalue weighted by Crippen LogP contribution is 2.28. The molecule has 0 amide bonds. The van der Waals surface area contributed by atoms with Crippen LogP contribution in [0.1, 0.15) is 18.4 Å². The first kappa shape index (κ1) is 21.3. The second-order valence-electron chi connectivity index (χ2n) is 7.23. The van der Waals surface area contributed by atoms with Crippen molar-refractivity contribution in [3.8, 4) is 11.5 Å². The van der Waals surface area contributed by atoms with Gasteiger partial charge in [-0.25, -0.2) is 0 Å². The zero-order valence-electron chi connectivity index (χ0n) is 17.0. The van der Waals surface area contributed by atoms with Crippen LogP contribution in [0.5, 0.6) is 11.5 Å². The molecule has 156 valence electrons. The summed E-state index contributed by atoms with van der Waals surface area (Å²) < 4.78 is 10.6. The van der Waals surface area contributed by atoms with Gasteiger partial charge in [-0.3, -0.25) is 9.89 Å². The van der Waals surface area contributed by atoms with Crippen molar-refractivity contribution in [2.75, 3.05) is 39.2 Å². The molecule has 0 bridgehead atoms. The molecular weight excluding hydrogens is 388 g/mol. The Bertz CT molecular complexity index is 835. The van der Waals surface area contributed by atoms with Crippen LogP contribution in [0.15, 0.2) is 47.5 Å². The molecule has 3 N–H and O–H groups in total. The molecule has 1 heterocycles. The van der Waals surface area contributed by atoms with Gasteiger partial charge in [-0.2, -0.15) is 0 Å². The molecule has 0 unspecified atom stereocenters. The Morgan fingerprint density at radius 1 is 1.17 bits per heavy atom. The molecule has 1 aliphatic heterocycles. The van der Waals surface area contributed by atoms with Gasteiger partial charge in [0.15, 0.2) is 5.96 Å². The van der Waals surface area contributed by atoms with Crippen LogP contribution in [0.3, 0.4) is 0 Å². The number of nitrogens with one attached hydrogen (secondary N) is 1. The van der Waals surface area contributed by atoms with Crippen LogP contribution in [0, 0.1) is 5.92 Å². The van der Waals surface area contributed by atoms with Crippen molar-refractivity contribution in [3.63, 3.8) is 0 Å². The van der Waals surface area contributed by atoms with Crippen LogP contribution in [0.25, 0.3) is 0 Å². The predicted octanol–water partition coefficient (Wildman–Crippen LogP) is 4.00. The third-order valence-corrected chi connectivity index (χ3v) is 5.62. The molecule has 3 rings (SSSR count). The van der Waals surface area contributed by atoms with Crippen molar-refractivity contribution in [1.29, 1.82) is 0 Å². The number of piperidine rings is 1. The molecule has 0 radical (unpaired) electrons. The monoisotopic (exact) mass is 416 g/mol. The number of nitrogens with two attached hydrogens (primary N) is 1. The van der Waals surface area contributed by atoms with Gasteiger partial charge in [0.05, 0.1) is 19.9 Å². The zero-order chi connectivity index (χ0) is 20.6. The van der Waals surface area contributed by atoms with Crippen LogP contribution in [-0.2, 0) is 6.54 Å². The fourth-order valence-electron chi connectivity index (χ4n) is 3.51. The van der Waals surface area contributed by atoms with Crippen molar-refractivity contribution < 1.29 is 9.47 Å². The van der Waals surface area contributed by atoms with Gasteiger partial charge in [0, 0.05) is 24.2 Å². The van der Waals surface area contributed by atoms with E-state index in [-0.39, 0.29) is 0 Å². The maximum absolute atomic E-state index is 6.28. The topological polar surface area (TPSA) is 72.1 Å². The standard InChI is InChI=1S/C22H29ClN4O2/c1-28-18-7-8-21(29-2)20(13-18)26-22(24)25-14-16-9-11-27(12-10-16)15-17-5-3-4-6-19(17)23/h3-8,13,16H,9-12,14-15H2,1-2H3,(H3,24,25,26). The molecule has 1 fully saturated rings. The van der Waals surface area contributed by atoms with E-state index >= 15 is 0 Å². The highest BCUT2D eigenvalue weighted by molar-refractivity contribution is 6.31. The molecule has 29 heavy (non-hydrogen) atoms. The van der Waals surface area contributed by atoms with Crippen molar-refractivity contribution in [2.24, 2.45) is 16.6 Å². The first-order valence-corrected chi connectivity index (χ1v) is 10.2. The number of hydrogen-bond acceptors (Lipinski definition) is 4. The van der Waals surface area contributed by atoms with E-state index in [1.807, 2.05) is 36.4 Å². The van der Waals surface area contributed by atoms with E-state index in [2.05, 4.69) is 21.3 Å².